The summed E-state index contributed by atoms with van der Waals surface area (Å²) in [6.07, 6.45) is 3.72. The van der Waals surface area contributed by atoms with Gasteiger partial charge in [0.1, 0.15) is 5.75 Å². The number of H-pyrrole nitrogens is 1. The second-order valence-corrected chi connectivity index (χ2v) is 8.41. The summed E-state index contributed by atoms with van der Waals surface area (Å²) >= 11 is 0. The van der Waals surface area contributed by atoms with E-state index in [0.717, 1.165) is 0 Å². The normalized spacial score (nSPS) is 11.5. The van der Waals surface area contributed by atoms with Crippen LogP contribution in [-0.4, -0.2) is 28.2 Å². The zero-order valence-corrected chi connectivity index (χ0v) is 17.1. The van der Waals surface area contributed by atoms with Crippen LogP contribution in [0.4, 0.5) is 5.69 Å². The topological polar surface area (TPSA) is 132 Å². The number of hydrogen-bond acceptors (Lipinski definition) is 7. The molecule has 5 rings (SSSR count). The van der Waals surface area contributed by atoms with E-state index in [9.17, 15) is 13.2 Å². The van der Waals surface area contributed by atoms with E-state index in [1.165, 1.54) is 18.2 Å². The summed E-state index contributed by atoms with van der Waals surface area (Å²) in [4.78, 5) is 13.7. The molecule has 0 aliphatic heterocycles. The fourth-order valence-electron chi connectivity index (χ4n) is 3.02. The molecule has 0 unspecified atom stereocenters. The van der Waals surface area contributed by atoms with E-state index in [1.54, 1.807) is 36.4 Å². The molecule has 0 saturated carbocycles. The van der Waals surface area contributed by atoms with Crippen molar-refractivity contribution < 1.29 is 17.6 Å². The summed E-state index contributed by atoms with van der Waals surface area (Å²) in [5, 5.41) is 8.15. The fourth-order valence-corrected chi connectivity index (χ4v) is 4.10. The first kappa shape index (κ1) is 19.6. The van der Waals surface area contributed by atoms with Crippen molar-refractivity contribution in [3.8, 4) is 17.4 Å². The van der Waals surface area contributed by atoms with Crippen molar-refractivity contribution in [2.24, 2.45) is 0 Å². The Morgan fingerprint density at radius 2 is 1.75 bits per heavy atom. The van der Waals surface area contributed by atoms with Gasteiger partial charge in [-0.2, -0.15) is 0 Å². The van der Waals surface area contributed by atoms with E-state index in [2.05, 4.69) is 19.9 Å². The van der Waals surface area contributed by atoms with Crippen LogP contribution in [0.25, 0.3) is 16.9 Å². The molecule has 0 bridgehead atoms. The number of oxazole rings is 1. The van der Waals surface area contributed by atoms with Crippen molar-refractivity contribution in [2.75, 3.05) is 4.72 Å². The van der Waals surface area contributed by atoms with Crippen molar-refractivity contribution in [3.63, 3.8) is 0 Å². The molecule has 0 atom stereocenters. The number of fused-ring (bicyclic) bond motifs is 1. The van der Waals surface area contributed by atoms with Gasteiger partial charge in [0.25, 0.3) is 10.0 Å². The number of anilines is 1. The van der Waals surface area contributed by atoms with Crippen LogP contribution < -0.4 is 15.2 Å². The minimum Gasteiger partial charge on any atom is -0.438 e. The van der Waals surface area contributed by atoms with Gasteiger partial charge in [0, 0.05) is 24.1 Å². The Balaban J connectivity index is 1.29. The second-order valence-electron chi connectivity index (χ2n) is 6.72. The van der Waals surface area contributed by atoms with Crippen LogP contribution in [-0.2, 0) is 10.0 Å². The lowest BCUT2D eigenvalue weighted by Crippen LogP contribution is -2.12. The molecule has 3 aromatic heterocycles. The van der Waals surface area contributed by atoms with E-state index in [0.29, 0.717) is 28.7 Å². The summed E-state index contributed by atoms with van der Waals surface area (Å²) in [6, 6.07) is 17.7. The van der Waals surface area contributed by atoms with Crippen molar-refractivity contribution in [3.05, 3.63) is 89.7 Å². The summed E-state index contributed by atoms with van der Waals surface area (Å²) in [5.74, 6) is 0.775. The van der Waals surface area contributed by atoms with Gasteiger partial charge < -0.3 is 13.7 Å². The molecule has 0 aliphatic carbocycles. The van der Waals surface area contributed by atoms with E-state index in [4.69, 9.17) is 9.15 Å². The van der Waals surface area contributed by atoms with E-state index >= 15 is 0 Å². The predicted molar refractivity (Wildman–Crippen MR) is 116 cm³/mol. The van der Waals surface area contributed by atoms with E-state index < -0.39 is 15.8 Å². The summed E-state index contributed by atoms with van der Waals surface area (Å²) < 4.78 is 40.2. The van der Waals surface area contributed by atoms with Crippen LogP contribution in [0.15, 0.2) is 93.2 Å². The standard InChI is InChI=1S/C21H15N5O5S/c27-21-22-17-13-16(7-8-18(17)31-21)32(28,29)25-14-3-5-15(6-4-14)30-20-10-9-19(23-24-20)26-11-1-2-12-26/h1-13,25H,(H,22,27). The third-order valence-electron chi connectivity index (χ3n) is 4.52. The molecule has 0 aliphatic rings. The summed E-state index contributed by atoms with van der Waals surface area (Å²) in [6.45, 7) is 0. The number of benzene rings is 2. The number of hydrogen-bond donors (Lipinski definition) is 2. The monoisotopic (exact) mass is 449 g/mol. The minimum atomic E-state index is -3.87. The Bertz CT molecular complexity index is 1540. The van der Waals surface area contributed by atoms with Gasteiger partial charge in [-0.15, -0.1) is 10.2 Å². The quantitative estimate of drug-likeness (QED) is 0.406. The van der Waals surface area contributed by atoms with Crippen LogP contribution >= 0.6 is 0 Å². The van der Waals surface area contributed by atoms with Crippen molar-refractivity contribution in [1.82, 2.24) is 19.7 Å². The highest BCUT2D eigenvalue weighted by Crippen LogP contribution is 2.24. The molecule has 0 fully saturated rings. The Hall–Kier alpha value is -4.38. The van der Waals surface area contributed by atoms with Crippen LogP contribution in [0.5, 0.6) is 11.6 Å². The number of aromatic nitrogens is 4. The van der Waals surface area contributed by atoms with Crippen molar-refractivity contribution in [1.29, 1.82) is 0 Å². The zero-order valence-electron chi connectivity index (χ0n) is 16.3. The van der Waals surface area contributed by atoms with Crippen LogP contribution in [0.3, 0.4) is 0 Å². The van der Waals surface area contributed by atoms with E-state index in [1.807, 2.05) is 29.1 Å². The molecule has 2 N–H and O–H groups in total. The minimum absolute atomic E-state index is 0.0135. The Morgan fingerprint density at radius 3 is 2.47 bits per heavy atom. The smallest absolute Gasteiger partial charge is 0.417 e. The molecule has 5 aromatic rings. The second kappa shape index (κ2) is 7.71. The highest BCUT2D eigenvalue weighted by atomic mass is 32.2. The largest absolute Gasteiger partial charge is 0.438 e. The number of rotatable bonds is 6. The molecule has 0 radical (unpaired) electrons. The van der Waals surface area contributed by atoms with Crippen molar-refractivity contribution in [2.45, 2.75) is 4.90 Å². The number of ether oxygens (including phenoxy) is 1. The molecule has 2 aromatic carbocycles. The lowest BCUT2D eigenvalue weighted by molar-refractivity contribution is 0.454. The van der Waals surface area contributed by atoms with Gasteiger partial charge in [0.2, 0.25) is 5.88 Å². The van der Waals surface area contributed by atoms with Crippen molar-refractivity contribution >= 4 is 26.8 Å². The molecule has 3 heterocycles. The molecule has 32 heavy (non-hydrogen) atoms. The molecule has 0 amide bonds. The average molecular weight is 449 g/mol. The average Bonchev–Trinajstić information content (AvgIpc) is 3.44. The maximum atomic E-state index is 12.7. The number of nitrogens with zero attached hydrogens (tertiary/aromatic N) is 3. The van der Waals surface area contributed by atoms with Gasteiger partial charge in [-0.3, -0.25) is 9.71 Å². The molecular weight excluding hydrogens is 434 g/mol. The zero-order chi connectivity index (χ0) is 22.1. The first-order chi connectivity index (χ1) is 15.5. The van der Waals surface area contributed by atoms with Crippen LogP contribution in [0, 0.1) is 0 Å². The summed E-state index contributed by atoms with van der Waals surface area (Å²) in [7, 11) is -3.87. The first-order valence-electron chi connectivity index (χ1n) is 9.37. The predicted octanol–water partition coefficient (Wildman–Crippen LogP) is 3.29. The first-order valence-corrected chi connectivity index (χ1v) is 10.9. The Morgan fingerprint density at radius 1 is 0.969 bits per heavy atom. The molecule has 0 spiro atoms. The van der Waals surface area contributed by atoms with E-state index in [-0.39, 0.29) is 10.5 Å². The summed E-state index contributed by atoms with van der Waals surface area (Å²) in [5.41, 5.74) is 0.914. The number of sulfonamides is 1. The van der Waals surface area contributed by atoms with Crippen LogP contribution in [0.2, 0.25) is 0 Å². The number of aromatic amines is 1. The molecule has 11 heteroatoms. The van der Waals surface area contributed by atoms with Gasteiger partial charge in [0.05, 0.1) is 10.4 Å². The maximum absolute atomic E-state index is 12.7. The highest BCUT2D eigenvalue weighted by Gasteiger charge is 2.16. The number of nitrogens with one attached hydrogen (secondary N) is 2. The molecule has 160 valence electrons. The maximum Gasteiger partial charge on any atom is 0.417 e. The molecular formula is C21H15N5O5S. The Labute approximate surface area is 181 Å². The van der Waals surface area contributed by atoms with Gasteiger partial charge in [-0.05, 0) is 60.7 Å². The fraction of sp³-hybridized carbons (Fsp3) is 0. The Kier molecular flexibility index (Phi) is 4.71. The van der Waals surface area contributed by atoms with Gasteiger partial charge >= 0.3 is 5.76 Å². The van der Waals surface area contributed by atoms with Gasteiger partial charge in [0.15, 0.2) is 11.4 Å². The highest BCUT2D eigenvalue weighted by molar-refractivity contribution is 7.92. The van der Waals surface area contributed by atoms with Gasteiger partial charge in [-0.25, -0.2) is 13.2 Å². The molecule has 10 nitrogen and oxygen atoms in total. The third-order valence-corrected chi connectivity index (χ3v) is 5.90. The lowest BCUT2D eigenvalue weighted by atomic mass is 10.3. The third kappa shape index (κ3) is 3.96. The SMILES string of the molecule is O=c1[nH]c2cc(S(=O)(=O)Nc3ccc(Oc4ccc(-n5cccc5)nn4)cc3)ccc2o1. The lowest BCUT2D eigenvalue weighted by Gasteiger charge is -2.09. The molecule has 0 saturated heterocycles. The van der Waals surface area contributed by atoms with Crippen LogP contribution in [0.1, 0.15) is 0 Å². The van der Waals surface area contributed by atoms with Gasteiger partial charge in [-0.1, -0.05) is 0 Å².